The van der Waals surface area contributed by atoms with Gasteiger partial charge in [0.05, 0.1) is 38.6 Å². The van der Waals surface area contributed by atoms with E-state index in [9.17, 15) is 0 Å². The van der Waals surface area contributed by atoms with E-state index in [1.807, 2.05) is 12.1 Å². The lowest BCUT2D eigenvalue weighted by Crippen LogP contribution is -2.22. The van der Waals surface area contributed by atoms with Gasteiger partial charge in [-0.3, -0.25) is 0 Å². The second-order valence-electron chi connectivity index (χ2n) is 51.5. The molecular formula is C133H157N3. The predicted octanol–water partition coefficient (Wildman–Crippen LogP) is 38.6. The quantitative estimate of drug-likeness (QED) is 0.144. The van der Waals surface area contributed by atoms with Crippen molar-refractivity contribution in [3.8, 4) is 72.7 Å². The van der Waals surface area contributed by atoms with E-state index in [0.29, 0.717) is 11.1 Å². The molecule has 0 saturated carbocycles. The number of nitrogens with zero attached hydrogens (tertiary/aromatic N) is 3. The maximum atomic E-state index is 9.07. The van der Waals surface area contributed by atoms with Gasteiger partial charge in [0.15, 0.2) is 0 Å². The zero-order valence-corrected chi connectivity index (χ0v) is 89.6. The fourth-order valence-electron chi connectivity index (χ4n) is 20.3. The molecule has 0 aliphatic carbocycles. The average molecular weight is 1800 g/mol. The molecular weight excluding hydrogens is 1640 g/mol. The summed E-state index contributed by atoms with van der Waals surface area (Å²) in [5, 5.41) is 7.62. The Hall–Kier alpha value is -11.5. The SMILES string of the molecule is CC(C)(C)c1cc(-c2ccc3c(c2C(C)(C)C)c2c(-c4cc(C(C)(C)C)cc(C(C)(C)C)c4)cccc2n3-c2ccccc2)cc(C(C)(C)C)c1.CC(C)(C)c1cc(-c2cccc3c2c2c(C(C)(C)C)c(C(C)(C)C)ccc2n3-c2ccccc2)cc(C(C)(C)C)c1.[2H]c1c([2H])c(-c2ccc3c(c2C(C)(C)C)c2c(-c4cc(C(C)(C)C)cc(C(C)(C)C)c4)cccc2n3-c2ccccc2)c([2H])c([2H])c1C. The second-order valence-corrected chi connectivity index (χ2v) is 51.5. The number of para-hydroxylation sites is 3. The van der Waals surface area contributed by atoms with Gasteiger partial charge < -0.3 is 13.7 Å². The minimum Gasteiger partial charge on any atom is -0.309 e. The molecule has 0 aliphatic heterocycles. The third kappa shape index (κ3) is 19.6. The molecule has 0 bridgehead atoms. The van der Waals surface area contributed by atoms with Gasteiger partial charge in [0, 0.05) is 49.4 Å². The van der Waals surface area contributed by atoms with E-state index in [4.69, 9.17) is 5.48 Å². The topological polar surface area (TPSA) is 14.8 Å². The Morgan fingerprint density at radius 3 is 0.632 bits per heavy atom. The van der Waals surface area contributed by atoms with E-state index in [1.54, 1.807) is 6.92 Å². The Morgan fingerprint density at radius 2 is 0.397 bits per heavy atom. The summed E-state index contributed by atoms with van der Waals surface area (Å²) in [7, 11) is 0. The highest BCUT2D eigenvalue weighted by Crippen LogP contribution is 2.54. The van der Waals surface area contributed by atoms with Crippen LogP contribution >= 0.6 is 0 Å². The van der Waals surface area contributed by atoms with Crippen LogP contribution in [0.2, 0.25) is 0 Å². The van der Waals surface area contributed by atoms with E-state index in [1.165, 1.54) is 150 Å². The van der Waals surface area contributed by atoms with Crippen LogP contribution in [0, 0.1) is 6.92 Å². The highest BCUT2D eigenvalue weighted by atomic mass is 15.0. The third-order valence-electron chi connectivity index (χ3n) is 27.9. The number of rotatable bonds is 8. The Bertz CT molecular complexity index is 7480. The Labute approximate surface area is 824 Å². The largest absolute Gasteiger partial charge is 0.309 e. The molecule has 0 saturated heterocycles. The minimum absolute atomic E-state index is 0.00179. The fourth-order valence-corrected chi connectivity index (χ4v) is 20.3. The number of aromatic nitrogens is 3. The molecule has 3 nitrogen and oxygen atoms in total. The molecule has 0 fully saturated rings. The molecule has 17 rings (SSSR count). The van der Waals surface area contributed by atoms with Crippen LogP contribution in [-0.2, 0) is 65.0 Å². The number of benzene rings is 14. The number of fused-ring (bicyclic) bond motifs is 9. The summed E-state index contributed by atoms with van der Waals surface area (Å²) in [4.78, 5) is 0. The van der Waals surface area contributed by atoms with Crippen molar-refractivity contribution in [2.24, 2.45) is 0 Å². The van der Waals surface area contributed by atoms with Crippen LogP contribution in [0.25, 0.3) is 138 Å². The first-order valence-electron chi connectivity index (χ1n) is 51.9. The Morgan fingerprint density at radius 1 is 0.176 bits per heavy atom. The lowest BCUT2D eigenvalue weighted by atomic mass is 9.73. The summed E-state index contributed by atoms with van der Waals surface area (Å²) >= 11 is 0. The average Bonchev–Trinajstić information content (AvgIpc) is 1.55. The molecule has 3 heterocycles. The molecule has 0 atom stereocenters. The van der Waals surface area contributed by atoms with E-state index in [2.05, 4.69) is 506 Å². The molecule has 0 amide bonds. The summed E-state index contributed by atoms with van der Waals surface area (Å²) in [6.45, 7) is 85.2. The van der Waals surface area contributed by atoms with Crippen molar-refractivity contribution in [3.05, 3.63) is 351 Å². The van der Waals surface area contributed by atoms with Crippen molar-refractivity contribution < 1.29 is 5.48 Å². The van der Waals surface area contributed by atoms with Crippen molar-refractivity contribution in [1.29, 1.82) is 0 Å². The zero-order valence-electron chi connectivity index (χ0n) is 93.6. The van der Waals surface area contributed by atoms with Gasteiger partial charge in [-0.05, 0) is 267 Å². The minimum atomic E-state index is -0.407. The third-order valence-corrected chi connectivity index (χ3v) is 27.9. The highest BCUT2D eigenvalue weighted by Gasteiger charge is 2.37. The van der Waals surface area contributed by atoms with Crippen molar-refractivity contribution >= 4 is 65.4 Å². The molecule has 0 aliphatic rings. The molecule has 14 aromatic carbocycles. The van der Waals surface area contributed by atoms with Gasteiger partial charge in [0.25, 0.3) is 0 Å². The monoisotopic (exact) mass is 1800 g/mol. The summed E-state index contributed by atoms with van der Waals surface area (Å²) in [5.74, 6) is 0. The smallest absolute Gasteiger partial charge is 0.0629 e. The zero-order chi connectivity index (χ0) is 103. The number of hydrogen-bond acceptors (Lipinski definition) is 0. The van der Waals surface area contributed by atoms with E-state index in [0.717, 1.165) is 49.7 Å². The lowest BCUT2D eigenvalue weighted by Gasteiger charge is -2.31. The first kappa shape index (κ1) is 93.5. The van der Waals surface area contributed by atoms with Crippen LogP contribution in [0.15, 0.2) is 279 Å². The molecule has 17 aromatic rings. The Balaban J connectivity index is 0.000000160. The van der Waals surface area contributed by atoms with Gasteiger partial charge in [-0.25, -0.2) is 0 Å². The molecule has 0 spiro atoms. The predicted molar refractivity (Wildman–Crippen MR) is 599 cm³/mol. The van der Waals surface area contributed by atoms with E-state index in [-0.39, 0.29) is 83.7 Å². The van der Waals surface area contributed by atoms with Crippen LogP contribution in [0.5, 0.6) is 0 Å². The molecule has 0 radical (unpaired) electrons. The van der Waals surface area contributed by atoms with E-state index < -0.39 is 5.41 Å². The van der Waals surface area contributed by atoms with Gasteiger partial charge in [-0.15, -0.1) is 0 Å². The molecule has 3 aromatic heterocycles. The molecule has 0 unspecified atom stereocenters. The maximum Gasteiger partial charge on any atom is 0.0629 e. The molecule has 136 heavy (non-hydrogen) atoms. The van der Waals surface area contributed by atoms with E-state index >= 15 is 0 Å². The highest BCUT2D eigenvalue weighted by molar-refractivity contribution is 6.21. The van der Waals surface area contributed by atoms with Crippen molar-refractivity contribution in [3.63, 3.8) is 0 Å². The standard InChI is InChI=1S/C50H61N.C43H47N.C40H49N/c1-46(2,3)34-26-32(27-35(30-34)47(4,5)6)39-22-19-23-41-43(39)44-42(51(41)38-20-17-16-18-21-38)25-24-40(45(44)50(13,14)15)33-28-36(48(7,8)9)31-37(29-33)49(10,11)12;1-28-19-21-29(22-20-28)35-23-24-37-39(40(35)43(8,9)10)38-34(17-14-18-36(38)44(37)33-15-12-11-13-16-33)30-25-31(41(2,3)4)27-32(26-30)42(5,6)7;1-37(2,3)27-23-26(24-28(25-27)38(4,5)6)30-19-16-20-32-34(30)35-33(41(32)29-17-14-13-15-18-29)22-21-31(39(7,8)9)36(35)40(10,11)12/h16-31H,1-15H3;11-27H,1-10H3;13-25H,1-12H3/i;19D,20D,21D,22D;. The summed E-state index contributed by atoms with van der Waals surface area (Å²) < 4.78 is 42.8. The van der Waals surface area contributed by atoms with Crippen LogP contribution in [-0.4, -0.2) is 13.7 Å². The lowest BCUT2D eigenvalue weighted by molar-refractivity contribution is 0.535. The fraction of sp³-hybridized carbons (Fsp3) is 0.368. The molecule has 0 N–H and O–H groups in total. The molecule has 704 valence electrons. The normalized spacial score (nSPS) is 13.6. The van der Waals surface area contributed by atoms with Crippen molar-refractivity contribution in [2.75, 3.05) is 0 Å². The number of hydrogen-bond donors (Lipinski definition) is 0. The molecule has 3 heteroatoms. The van der Waals surface area contributed by atoms with Crippen molar-refractivity contribution in [2.45, 2.75) is 321 Å². The second kappa shape index (κ2) is 35.2. The van der Waals surface area contributed by atoms with Gasteiger partial charge in [0.1, 0.15) is 0 Å². The van der Waals surface area contributed by atoms with Gasteiger partial charge in [-0.2, -0.15) is 0 Å². The van der Waals surface area contributed by atoms with Gasteiger partial charge in [-0.1, -0.05) is 461 Å². The Kier molecular flexibility index (Phi) is 24.2. The summed E-state index contributed by atoms with van der Waals surface area (Å²) in [6.07, 6.45) is 0. The van der Waals surface area contributed by atoms with Crippen molar-refractivity contribution in [1.82, 2.24) is 13.7 Å². The first-order valence-corrected chi connectivity index (χ1v) is 49.9. The van der Waals surface area contributed by atoms with Gasteiger partial charge >= 0.3 is 0 Å². The van der Waals surface area contributed by atoms with Crippen LogP contribution in [0.1, 0.15) is 327 Å². The van der Waals surface area contributed by atoms with Crippen LogP contribution in [0.3, 0.4) is 0 Å². The maximum absolute atomic E-state index is 9.07. The summed E-state index contributed by atoms with van der Waals surface area (Å²) in [6, 6.07) is 95.4. The van der Waals surface area contributed by atoms with Crippen LogP contribution in [0.4, 0.5) is 0 Å². The summed E-state index contributed by atoms with van der Waals surface area (Å²) in [5.41, 5.74) is 37.9. The van der Waals surface area contributed by atoms with Gasteiger partial charge in [0.2, 0.25) is 0 Å². The van der Waals surface area contributed by atoms with Crippen LogP contribution < -0.4 is 0 Å². The first-order chi connectivity index (χ1) is 64.7.